The Labute approximate surface area is 153 Å². The van der Waals surface area contributed by atoms with Crippen molar-refractivity contribution in [3.05, 3.63) is 74.6 Å². The van der Waals surface area contributed by atoms with Gasteiger partial charge in [-0.2, -0.15) is 0 Å². The number of nitro benzene ring substituents is 1. The van der Waals surface area contributed by atoms with E-state index in [9.17, 15) is 19.7 Å². The molecule has 0 fully saturated rings. The molecular formula is C19H16N2O6. The van der Waals surface area contributed by atoms with Gasteiger partial charge in [-0.15, -0.1) is 0 Å². The number of benzene rings is 2. The van der Waals surface area contributed by atoms with E-state index in [4.69, 9.17) is 9.15 Å². The molecule has 3 rings (SSSR count). The highest BCUT2D eigenvalue weighted by atomic mass is 16.6. The van der Waals surface area contributed by atoms with Gasteiger partial charge >= 0.3 is 5.63 Å². The van der Waals surface area contributed by atoms with Gasteiger partial charge in [0.05, 0.1) is 4.92 Å². The van der Waals surface area contributed by atoms with Crippen molar-refractivity contribution in [2.45, 2.75) is 20.0 Å². The monoisotopic (exact) mass is 368 g/mol. The van der Waals surface area contributed by atoms with Crippen molar-refractivity contribution in [1.29, 1.82) is 0 Å². The SMILES string of the molecule is Cc1cc(=O)oc2cc(OC(C)C(=O)Nc3cccc([N+](=O)[O-])c3)ccc12. The highest BCUT2D eigenvalue weighted by Gasteiger charge is 2.17. The van der Waals surface area contributed by atoms with Gasteiger partial charge in [0.25, 0.3) is 11.6 Å². The summed E-state index contributed by atoms with van der Waals surface area (Å²) in [6.07, 6.45) is -0.877. The van der Waals surface area contributed by atoms with Crippen molar-refractivity contribution in [1.82, 2.24) is 0 Å². The molecule has 138 valence electrons. The number of fused-ring (bicyclic) bond motifs is 1. The Morgan fingerprint density at radius 3 is 2.74 bits per heavy atom. The van der Waals surface area contributed by atoms with Crippen molar-refractivity contribution in [2.24, 2.45) is 0 Å². The van der Waals surface area contributed by atoms with E-state index in [0.717, 1.165) is 10.9 Å². The molecule has 0 bridgehead atoms. The van der Waals surface area contributed by atoms with Crippen LogP contribution in [0.5, 0.6) is 5.75 Å². The van der Waals surface area contributed by atoms with Crippen LogP contribution in [0, 0.1) is 17.0 Å². The number of carbonyl (C=O) groups excluding carboxylic acids is 1. The van der Waals surface area contributed by atoms with Gasteiger partial charge in [-0.3, -0.25) is 14.9 Å². The Morgan fingerprint density at radius 1 is 1.22 bits per heavy atom. The minimum absolute atomic E-state index is 0.124. The normalized spacial score (nSPS) is 11.8. The third-order valence-corrected chi connectivity index (χ3v) is 3.93. The van der Waals surface area contributed by atoms with E-state index in [-0.39, 0.29) is 5.69 Å². The largest absolute Gasteiger partial charge is 0.481 e. The number of amides is 1. The molecule has 0 aliphatic carbocycles. The van der Waals surface area contributed by atoms with Crippen molar-refractivity contribution < 1.29 is 18.9 Å². The quantitative estimate of drug-likeness (QED) is 0.419. The van der Waals surface area contributed by atoms with Crippen LogP contribution in [0.4, 0.5) is 11.4 Å². The summed E-state index contributed by atoms with van der Waals surface area (Å²) >= 11 is 0. The molecule has 1 N–H and O–H groups in total. The lowest BCUT2D eigenvalue weighted by Crippen LogP contribution is -2.30. The average molecular weight is 368 g/mol. The topological polar surface area (TPSA) is 112 Å². The van der Waals surface area contributed by atoms with Gasteiger partial charge in [0.2, 0.25) is 0 Å². The standard InChI is InChI=1S/C19H16N2O6/c1-11-8-18(22)27-17-10-15(6-7-16(11)17)26-12(2)19(23)20-13-4-3-5-14(9-13)21(24)25/h3-10,12H,1-2H3,(H,20,23). The van der Waals surface area contributed by atoms with Crippen LogP contribution in [-0.4, -0.2) is 16.9 Å². The lowest BCUT2D eigenvalue weighted by atomic mass is 10.1. The number of carbonyl (C=O) groups is 1. The summed E-state index contributed by atoms with van der Waals surface area (Å²) in [5.74, 6) is -0.112. The Morgan fingerprint density at radius 2 is 2.00 bits per heavy atom. The molecule has 1 amide bonds. The van der Waals surface area contributed by atoms with E-state index < -0.39 is 22.6 Å². The van der Waals surface area contributed by atoms with E-state index >= 15 is 0 Å². The van der Waals surface area contributed by atoms with E-state index in [1.165, 1.54) is 24.3 Å². The average Bonchev–Trinajstić information content (AvgIpc) is 2.61. The van der Waals surface area contributed by atoms with Crippen LogP contribution in [-0.2, 0) is 4.79 Å². The van der Waals surface area contributed by atoms with Crippen LogP contribution in [0.15, 0.2) is 57.7 Å². The van der Waals surface area contributed by atoms with Crippen molar-refractivity contribution in [3.8, 4) is 5.75 Å². The Kier molecular flexibility index (Phi) is 4.89. The van der Waals surface area contributed by atoms with Crippen molar-refractivity contribution in [2.75, 3.05) is 5.32 Å². The first-order chi connectivity index (χ1) is 12.8. The number of rotatable bonds is 5. The number of hydrogen-bond acceptors (Lipinski definition) is 6. The summed E-state index contributed by atoms with van der Waals surface area (Å²) in [6, 6.07) is 12.0. The van der Waals surface area contributed by atoms with E-state index in [1.807, 2.05) is 0 Å². The molecule has 2 aromatic carbocycles. The molecule has 8 nitrogen and oxygen atoms in total. The molecule has 8 heteroatoms. The molecule has 0 radical (unpaired) electrons. The number of nitro groups is 1. The maximum Gasteiger partial charge on any atom is 0.336 e. The number of anilines is 1. The third-order valence-electron chi connectivity index (χ3n) is 3.93. The zero-order valence-corrected chi connectivity index (χ0v) is 14.6. The van der Waals surface area contributed by atoms with Gasteiger partial charge in [-0.05, 0) is 37.6 Å². The molecule has 0 saturated heterocycles. The van der Waals surface area contributed by atoms with Gasteiger partial charge in [-0.25, -0.2) is 4.79 Å². The van der Waals surface area contributed by atoms with Crippen LogP contribution in [0.2, 0.25) is 0 Å². The number of nitrogens with one attached hydrogen (secondary N) is 1. The van der Waals surface area contributed by atoms with Gasteiger partial charge in [0.1, 0.15) is 11.3 Å². The molecule has 0 aliphatic rings. The van der Waals surface area contributed by atoms with E-state index in [1.54, 1.807) is 38.1 Å². The maximum atomic E-state index is 12.3. The zero-order chi connectivity index (χ0) is 19.6. The molecule has 0 spiro atoms. The fourth-order valence-corrected chi connectivity index (χ4v) is 2.58. The summed E-state index contributed by atoms with van der Waals surface area (Å²) in [7, 11) is 0. The summed E-state index contributed by atoms with van der Waals surface area (Å²) in [6.45, 7) is 3.35. The second-order valence-electron chi connectivity index (χ2n) is 5.96. The zero-order valence-electron chi connectivity index (χ0n) is 14.6. The van der Waals surface area contributed by atoms with Crippen LogP contribution in [0.25, 0.3) is 11.0 Å². The second kappa shape index (κ2) is 7.28. The lowest BCUT2D eigenvalue weighted by Gasteiger charge is -2.15. The first kappa shape index (κ1) is 18.1. The molecule has 1 unspecified atom stereocenters. The fraction of sp³-hybridized carbons (Fsp3) is 0.158. The summed E-state index contributed by atoms with van der Waals surface area (Å²) in [5.41, 5.74) is 0.854. The molecule has 1 atom stereocenters. The van der Waals surface area contributed by atoms with E-state index in [0.29, 0.717) is 17.0 Å². The summed E-state index contributed by atoms with van der Waals surface area (Å²) < 4.78 is 10.8. The predicted molar refractivity (Wildman–Crippen MR) is 99.0 cm³/mol. The fourth-order valence-electron chi connectivity index (χ4n) is 2.58. The molecule has 27 heavy (non-hydrogen) atoms. The Balaban J connectivity index is 1.74. The van der Waals surface area contributed by atoms with Crippen LogP contribution >= 0.6 is 0 Å². The maximum absolute atomic E-state index is 12.3. The number of aryl methyl sites for hydroxylation is 1. The lowest BCUT2D eigenvalue weighted by molar-refractivity contribution is -0.384. The number of nitrogens with zero attached hydrogens (tertiary/aromatic N) is 1. The Bertz CT molecular complexity index is 1090. The summed E-state index contributed by atoms with van der Waals surface area (Å²) in [4.78, 5) is 34.1. The molecule has 3 aromatic rings. The van der Waals surface area contributed by atoms with Gasteiger partial charge in [-0.1, -0.05) is 6.07 Å². The number of non-ortho nitro benzene ring substituents is 1. The van der Waals surface area contributed by atoms with Gasteiger partial charge in [0, 0.05) is 35.3 Å². The molecule has 0 saturated carbocycles. The minimum Gasteiger partial charge on any atom is -0.481 e. The molecule has 0 aliphatic heterocycles. The molecule has 1 aromatic heterocycles. The summed E-state index contributed by atoms with van der Waals surface area (Å²) in [5, 5.41) is 14.2. The van der Waals surface area contributed by atoms with E-state index in [2.05, 4.69) is 5.32 Å². The second-order valence-corrected chi connectivity index (χ2v) is 5.96. The number of hydrogen-bond donors (Lipinski definition) is 1. The van der Waals surface area contributed by atoms with Crippen molar-refractivity contribution in [3.63, 3.8) is 0 Å². The first-order valence-electron chi connectivity index (χ1n) is 8.10. The minimum atomic E-state index is -0.877. The third kappa shape index (κ3) is 4.12. The molecule has 1 heterocycles. The molecular weight excluding hydrogens is 352 g/mol. The Hall–Kier alpha value is -3.68. The van der Waals surface area contributed by atoms with Crippen LogP contribution in [0.3, 0.4) is 0 Å². The van der Waals surface area contributed by atoms with Gasteiger partial charge < -0.3 is 14.5 Å². The van der Waals surface area contributed by atoms with Crippen molar-refractivity contribution >= 4 is 28.3 Å². The van der Waals surface area contributed by atoms with Gasteiger partial charge in [0.15, 0.2) is 6.10 Å². The predicted octanol–water partition coefficient (Wildman–Crippen LogP) is 3.42. The highest BCUT2D eigenvalue weighted by Crippen LogP contribution is 2.23. The first-order valence-corrected chi connectivity index (χ1v) is 8.10. The van der Waals surface area contributed by atoms with Crippen LogP contribution in [0.1, 0.15) is 12.5 Å². The van der Waals surface area contributed by atoms with Crippen LogP contribution < -0.4 is 15.7 Å². The number of ether oxygens (including phenoxy) is 1. The smallest absolute Gasteiger partial charge is 0.336 e. The highest BCUT2D eigenvalue weighted by molar-refractivity contribution is 5.94.